The summed E-state index contributed by atoms with van der Waals surface area (Å²) in [4.78, 5) is 18.3. The highest BCUT2D eigenvalue weighted by Crippen LogP contribution is 2.24. The second kappa shape index (κ2) is 5.14. The van der Waals surface area contributed by atoms with E-state index in [0.717, 1.165) is 17.4 Å². The minimum atomic E-state index is 0.0581. The number of anilines is 1. The van der Waals surface area contributed by atoms with Crippen molar-refractivity contribution in [2.24, 2.45) is 0 Å². The van der Waals surface area contributed by atoms with E-state index in [0.29, 0.717) is 11.4 Å². The number of aromatic nitrogens is 1. The maximum atomic E-state index is 11.2. The molecule has 0 spiro atoms. The third kappa shape index (κ3) is 2.74. The summed E-state index contributed by atoms with van der Waals surface area (Å²) >= 11 is 1.42. The van der Waals surface area contributed by atoms with Gasteiger partial charge >= 0.3 is 0 Å². The van der Waals surface area contributed by atoms with Crippen molar-refractivity contribution in [3.63, 3.8) is 0 Å². The summed E-state index contributed by atoms with van der Waals surface area (Å²) in [5.74, 6) is 0.953. The summed E-state index contributed by atoms with van der Waals surface area (Å²) in [5, 5.41) is 0.856. The Balaban J connectivity index is 2.14. The van der Waals surface area contributed by atoms with E-state index in [-0.39, 0.29) is 5.78 Å². The first-order valence-corrected chi connectivity index (χ1v) is 6.26. The zero-order chi connectivity index (χ0) is 12.3. The summed E-state index contributed by atoms with van der Waals surface area (Å²) in [7, 11) is 0. The smallest absolute Gasteiger partial charge is 0.186 e. The first-order valence-electron chi connectivity index (χ1n) is 5.44. The average Bonchev–Trinajstić information content (AvgIpc) is 2.96. The Morgan fingerprint density at radius 2 is 2.41 bits per heavy atom. The highest BCUT2D eigenvalue weighted by Gasteiger charge is 2.13. The van der Waals surface area contributed by atoms with Crippen LogP contribution in [0.15, 0.2) is 29.0 Å². The maximum Gasteiger partial charge on any atom is 0.186 e. The molecule has 0 N–H and O–H groups in total. The van der Waals surface area contributed by atoms with Crippen molar-refractivity contribution in [3.05, 3.63) is 35.2 Å². The minimum absolute atomic E-state index is 0.0581. The van der Waals surface area contributed by atoms with Crippen molar-refractivity contribution in [1.82, 2.24) is 4.98 Å². The number of furan rings is 1. The molecule has 0 aliphatic carbocycles. The van der Waals surface area contributed by atoms with E-state index in [4.69, 9.17) is 4.42 Å². The molecule has 4 nitrogen and oxygen atoms in total. The van der Waals surface area contributed by atoms with Crippen LogP contribution in [0.3, 0.4) is 0 Å². The normalized spacial score (nSPS) is 10.5. The Hall–Kier alpha value is -1.62. The second-order valence-corrected chi connectivity index (χ2v) is 4.67. The highest BCUT2D eigenvalue weighted by atomic mass is 32.1. The molecule has 2 rings (SSSR count). The molecule has 0 saturated heterocycles. The van der Waals surface area contributed by atoms with Crippen LogP contribution in [0.2, 0.25) is 0 Å². The molecule has 0 aliphatic rings. The number of hydrogen-bond donors (Lipinski definition) is 0. The van der Waals surface area contributed by atoms with Crippen LogP contribution in [0.1, 0.15) is 29.3 Å². The van der Waals surface area contributed by atoms with Crippen molar-refractivity contribution in [2.75, 3.05) is 11.4 Å². The summed E-state index contributed by atoms with van der Waals surface area (Å²) in [6, 6.07) is 3.80. The van der Waals surface area contributed by atoms with Gasteiger partial charge in [-0.25, -0.2) is 4.98 Å². The van der Waals surface area contributed by atoms with Gasteiger partial charge in [0.25, 0.3) is 0 Å². The topological polar surface area (TPSA) is 46.3 Å². The van der Waals surface area contributed by atoms with Crippen molar-refractivity contribution >= 4 is 22.3 Å². The van der Waals surface area contributed by atoms with Crippen LogP contribution < -0.4 is 4.90 Å². The van der Waals surface area contributed by atoms with Crippen molar-refractivity contribution in [3.8, 4) is 0 Å². The number of nitrogens with zero attached hydrogens (tertiary/aromatic N) is 2. The van der Waals surface area contributed by atoms with E-state index < -0.39 is 0 Å². The zero-order valence-electron chi connectivity index (χ0n) is 9.84. The third-order valence-corrected chi connectivity index (χ3v) is 3.58. The van der Waals surface area contributed by atoms with Gasteiger partial charge in [-0.15, -0.1) is 0 Å². The fourth-order valence-corrected chi connectivity index (χ4v) is 2.35. The van der Waals surface area contributed by atoms with Gasteiger partial charge in [-0.05, 0) is 19.1 Å². The summed E-state index contributed by atoms with van der Waals surface area (Å²) < 4.78 is 5.31. The molecule has 0 fully saturated rings. The molecule has 0 radical (unpaired) electrons. The molecule has 0 bridgehead atoms. The molecule has 0 aromatic carbocycles. The Kier molecular flexibility index (Phi) is 3.58. The van der Waals surface area contributed by atoms with Crippen LogP contribution in [-0.4, -0.2) is 17.3 Å². The molecule has 0 atom stereocenters. The summed E-state index contributed by atoms with van der Waals surface area (Å²) in [5.41, 5.74) is 0. The SMILES string of the molecule is CCN(Cc1ccco1)c1ncc(C(C)=O)s1. The van der Waals surface area contributed by atoms with Gasteiger partial charge in [-0.1, -0.05) is 11.3 Å². The highest BCUT2D eigenvalue weighted by molar-refractivity contribution is 7.17. The van der Waals surface area contributed by atoms with E-state index in [1.807, 2.05) is 12.1 Å². The predicted molar refractivity (Wildman–Crippen MR) is 67.6 cm³/mol. The number of hydrogen-bond acceptors (Lipinski definition) is 5. The largest absolute Gasteiger partial charge is 0.467 e. The first-order chi connectivity index (χ1) is 8.20. The zero-order valence-corrected chi connectivity index (χ0v) is 10.7. The third-order valence-electron chi connectivity index (χ3n) is 2.42. The van der Waals surface area contributed by atoms with Crippen LogP contribution in [-0.2, 0) is 6.54 Å². The molecule has 90 valence electrons. The number of ketones is 1. The molecule has 0 aliphatic heterocycles. The molecule has 0 saturated carbocycles. The van der Waals surface area contributed by atoms with Gasteiger partial charge in [-0.3, -0.25) is 4.79 Å². The molecular weight excluding hydrogens is 236 g/mol. The van der Waals surface area contributed by atoms with Crippen molar-refractivity contribution in [2.45, 2.75) is 20.4 Å². The quantitative estimate of drug-likeness (QED) is 0.765. The lowest BCUT2D eigenvalue weighted by Gasteiger charge is -2.17. The predicted octanol–water partition coefficient (Wildman–Crippen LogP) is 2.97. The Morgan fingerprint density at radius 3 is 2.94 bits per heavy atom. The first kappa shape index (κ1) is 11.9. The van der Waals surface area contributed by atoms with Crippen LogP contribution >= 0.6 is 11.3 Å². The van der Waals surface area contributed by atoms with E-state index >= 15 is 0 Å². The number of carbonyl (C=O) groups is 1. The number of carbonyl (C=O) groups excluding carboxylic acids is 1. The molecule has 2 aromatic rings. The van der Waals surface area contributed by atoms with Gasteiger partial charge in [0.05, 0.1) is 23.9 Å². The molecule has 0 unspecified atom stereocenters. The van der Waals surface area contributed by atoms with E-state index in [1.165, 1.54) is 11.3 Å². The van der Waals surface area contributed by atoms with Crippen molar-refractivity contribution < 1.29 is 9.21 Å². The lowest BCUT2D eigenvalue weighted by Crippen LogP contribution is -2.21. The number of rotatable bonds is 5. The number of thiazole rings is 1. The fourth-order valence-electron chi connectivity index (χ4n) is 1.48. The molecule has 2 aromatic heterocycles. The maximum absolute atomic E-state index is 11.2. The fraction of sp³-hybridized carbons (Fsp3) is 0.333. The second-order valence-electron chi connectivity index (χ2n) is 3.66. The van der Waals surface area contributed by atoms with E-state index in [1.54, 1.807) is 19.4 Å². The van der Waals surface area contributed by atoms with Gasteiger partial charge in [0.1, 0.15) is 5.76 Å². The van der Waals surface area contributed by atoms with Gasteiger partial charge in [0.15, 0.2) is 10.9 Å². The summed E-state index contributed by atoms with van der Waals surface area (Å²) in [6.45, 7) is 5.11. The van der Waals surface area contributed by atoms with Crippen LogP contribution in [0, 0.1) is 0 Å². The molecular formula is C12H14N2O2S. The van der Waals surface area contributed by atoms with Gasteiger partial charge in [0, 0.05) is 13.5 Å². The van der Waals surface area contributed by atoms with Crippen molar-refractivity contribution in [1.29, 1.82) is 0 Å². The number of Topliss-reactive ketones (excluding diaryl/α,β-unsaturated/α-hetero) is 1. The monoisotopic (exact) mass is 250 g/mol. The van der Waals surface area contributed by atoms with Gasteiger partial charge < -0.3 is 9.32 Å². The van der Waals surface area contributed by atoms with E-state index in [2.05, 4.69) is 16.8 Å². The standard InChI is InChI=1S/C12H14N2O2S/c1-3-14(8-10-5-4-6-16-10)12-13-7-11(17-12)9(2)15/h4-7H,3,8H2,1-2H3. The molecule has 5 heteroatoms. The minimum Gasteiger partial charge on any atom is -0.467 e. The molecule has 17 heavy (non-hydrogen) atoms. The molecule has 2 heterocycles. The van der Waals surface area contributed by atoms with Gasteiger partial charge in [-0.2, -0.15) is 0 Å². The lowest BCUT2D eigenvalue weighted by molar-refractivity contribution is 0.102. The van der Waals surface area contributed by atoms with Crippen LogP contribution in [0.25, 0.3) is 0 Å². The Labute approximate surface area is 104 Å². The average molecular weight is 250 g/mol. The Bertz CT molecular complexity index is 490. The van der Waals surface area contributed by atoms with Crippen LogP contribution in [0.5, 0.6) is 0 Å². The Morgan fingerprint density at radius 1 is 1.59 bits per heavy atom. The lowest BCUT2D eigenvalue weighted by atomic mass is 10.4. The van der Waals surface area contributed by atoms with Gasteiger partial charge in [0.2, 0.25) is 0 Å². The van der Waals surface area contributed by atoms with E-state index in [9.17, 15) is 4.79 Å². The summed E-state index contributed by atoms with van der Waals surface area (Å²) in [6.07, 6.45) is 3.29. The van der Waals surface area contributed by atoms with Crippen LogP contribution in [0.4, 0.5) is 5.13 Å². The molecule has 0 amide bonds.